The first-order chi connectivity index (χ1) is 8.99. The Labute approximate surface area is 116 Å². The van der Waals surface area contributed by atoms with Crippen molar-refractivity contribution in [3.8, 4) is 0 Å². The van der Waals surface area contributed by atoms with Crippen LogP contribution in [-0.2, 0) is 0 Å². The summed E-state index contributed by atoms with van der Waals surface area (Å²) in [7, 11) is 0. The van der Waals surface area contributed by atoms with E-state index in [1.807, 2.05) is 0 Å². The van der Waals surface area contributed by atoms with Crippen molar-refractivity contribution in [3.63, 3.8) is 0 Å². The summed E-state index contributed by atoms with van der Waals surface area (Å²) in [6, 6.07) is 4.59. The third-order valence-corrected chi connectivity index (χ3v) is 3.62. The Morgan fingerprint density at radius 3 is 2.63 bits per heavy atom. The van der Waals surface area contributed by atoms with E-state index in [-0.39, 0.29) is 21.2 Å². The minimum Gasteiger partial charge on any atom is -0.478 e. The smallest absolute Gasteiger partial charge is 0.337 e. The minimum absolute atomic E-state index is 0.109. The summed E-state index contributed by atoms with van der Waals surface area (Å²) < 4.78 is 13.1. The lowest BCUT2D eigenvalue weighted by atomic mass is 10.1. The van der Waals surface area contributed by atoms with Crippen molar-refractivity contribution in [3.05, 3.63) is 50.9 Å². The number of carbonyl (C=O) groups excluding carboxylic acids is 1. The van der Waals surface area contributed by atoms with E-state index in [4.69, 9.17) is 16.7 Å². The van der Waals surface area contributed by atoms with Crippen LogP contribution in [0.3, 0.4) is 0 Å². The number of carboxylic acid groups (broad SMARTS) is 1. The highest BCUT2D eigenvalue weighted by Gasteiger charge is 2.17. The maximum Gasteiger partial charge on any atom is 0.337 e. The van der Waals surface area contributed by atoms with E-state index in [0.29, 0.717) is 0 Å². The Morgan fingerprint density at radius 2 is 2.05 bits per heavy atom. The summed E-state index contributed by atoms with van der Waals surface area (Å²) in [6.45, 7) is 0. The van der Waals surface area contributed by atoms with Crippen LogP contribution in [0.5, 0.6) is 0 Å². The number of nitrogens with one attached hydrogen (secondary N) is 1. The van der Waals surface area contributed by atoms with Gasteiger partial charge in [-0.1, -0.05) is 11.6 Å². The molecule has 98 valence electrons. The molecule has 0 bridgehead atoms. The number of carboxylic acids is 1. The fourth-order valence-corrected chi connectivity index (χ4v) is 2.48. The lowest BCUT2D eigenvalue weighted by Crippen LogP contribution is -2.14. The van der Waals surface area contributed by atoms with E-state index in [1.165, 1.54) is 0 Å². The first kappa shape index (κ1) is 13.5. The molecule has 0 saturated heterocycles. The van der Waals surface area contributed by atoms with Gasteiger partial charge in [0.2, 0.25) is 0 Å². The van der Waals surface area contributed by atoms with Gasteiger partial charge in [-0.3, -0.25) is 4.79 Å². The van der Waals surface area contributed by atoms with Gasteiger partial charge in [0, 0.05) is 0 Å². The topological polar surface area (TPSA) is 66.4 Å². The van der Waals surface area contributed by atoms with Crippen molar-refractivity contribution in [2.24, 2.45) is 0 Å². The molecule has 0 aliphatic carbocycles. The Bertz CT molecular complexity index is 656. The van der Waals surface area contributed by atoms with E-state index in [2.05, 4.69) is 5.32 Å². The van der Waals surface area contributed by atoms with Gasteiger partial charge in [0.1, 0.15) is 10.7 Å². The standard InChI is InChI=1S/C12H7ClFNO3S/c13-8-3-4-19-10(8)11(16)15-9-5-6(14)1-2-7(9)12(17)18/h1-5H,(H,15,16)(H,17,18). The Hall–Kier alpha value is -1.92. The van der Waals surface area contributed by atoms with Crippen LogP contribution in [0.2, 0.25) is 5.02 Å². The Morgan fingerprint density at radius 1 is 1.32 bits per heavy atom. The highest BCUT2D eigenvalue weighted by atomic mass is 35.5. The molecular formula is C12H7ClFNO3S. The molecule has 0 unspecified atom stereocenters. The number of anilines is 1. The molecule has 1 amide bonds. The molecule has 0 spiro atoms. The lowest BCUT2D eigenvalue weighted by Gasteiger charge is -2.07. The highest BCUT2D eigenvalue weighted by molar-refractivity contribution is 7.12. The molecule has 0 aliphatic heterocycles. The van der Waals surface area contributed by atoms with Gasteiger partial charge >= 0.3 is 5.97 Å². The fraction of sp³-hybridized carbons (Fsp3) is 0. The predicted molar refractivity (Wildman–Crippen MR) is 70.6 cm³/mol. The van der Waals surface area contributed by atoms with Gasteiger partial charge in [-0.2, -0.15) is 0 Å². The zero-order valence-corrected chi connectivity index (χ0v) is 10.9. The van der Waals surface area contributed by atoms with Crippen LogP contribution < -0.4 is 5.32 Å². The molecule has 1 aromatic heterocycles. The summed E-state index contributed by atoms with van der Waals surface area (Å²) >= 11 is 6.90. The van der Waals surface area contributed by atoms with Crippen LogP contribution in [0.1, 0.15) is 20.0 Å². The number of thiophene rings is 1. The van der Waals surface area contributed by atoms with E-state index < -0.39 is 17.7 Å². The van der Waals surface area contributed by atoms with Gasteiger partial charge < -0.3 is 10.4 Å². The Balaban J connectivity index is 2.33. The van der Waals surface area contributed by atoms with Gasteiger partial charge in [-0.15, -0.1) is 11.3 Å². The Kier molecular flexibility index (Phi) is 3.82. The van der Waals surface area contributed by atoms with Crippen LogP contribution in [0.15, 0.2) is 29.6 Å². The number of hydrogen-bond acceptors (Lipinski definition) is 3. The SMILES string of the molecule is O=C(O)c1ccc(F)cc1NC(=O)c1sccc1Cl. The molecule has 0 saturated carbocycles. The van der Waals surface area contributed by atoms with Crippen molar-refractivity contribution in [1.29, 1.82) is 0 Å². The molecule has 7 heteroatoms. The molecule has 19 heavy (non-hydrogen) atoms. The van der Waals surface area contributed by atoms with E-state index in [0.717, 1.165) is 29.5 Å². The number of rotatable bonds is 3. The first-order valence-electron chi connectivity index (χ1n) is 5.06. The average molecular weight is 300 g/mol. The van der Waals surface area contributed by atoms with Crippen molar-refractivity contribution in [2.75, 3.05) is 5.32 Å². The molecule has 0 fully saturated rings. The second-order valence-electron chi connectivity index (χ2n) is 3.55. The normalized spacial score (nSPS) is 10.2. The molecule has 2 N–H and O–H groups in total. The van der Waals surface area contributed by atoms with Crippen LogP contribution in [0, 0.1) is 5.82 Å². The number of carbonyl (C=O) groups is 2. The van der Waals surface area contributed by atoms with Gasteiger partial charge in [0.05, 0.1) is 16.3 Å². The average Bonchev–Trinajstić information content (AvgIpc) is 2.75. The molecule has 2 rings (SSSR count). The third kappa shape index (κ3) is 2.91. The number of halogens is 2. The van der Waals surface area contributed by atoms with Crippen LogP contribution in [-0.4, -0.2) is 17.0 Å². The number of amides is 1. The van der Waals surface area contributed by atoms with E-state index in [9.17, 15) is 14.0 Å². The molecule has 0 aliphatic rings. The van der Waals surface area contributed by atoms with Crippen molar-refractivity contribution < 1.29 is 19.1 Å². The zero-order chi connectivity index (χ0) is 14.0. The predicted octanol–water partition coefficient (Wildman–Crippen LogP) is 3.49. The van der Waals surface area contributed by atoms with Gasteiger partial charge in [-0.25, -0.2) is 9.18 Å². The summed E-state index contributed by atoms with van der Waals surface area (Å²) in [4.78, 5) is 23.1. The molecule has 4 nitrogen and oxygen atoms in total. The van der Waals surface area contributed by atoms with Gasteiger partial charge in [0.15, 0.2) is 0 Å². The van der Waals surface area contributed by atoms with Gasteiger partial charge in [-0.05, 0) is 29.6 Å². The zero-order valence-electron chi connectivity index (χ0n) is 9.31. The van der Waals surface area contributed by atoms with Crippen LogP contribution in [0.25, 0.3) is 0 Å². The summed E-state index contributed by atoms with van der Waals surface area (Å²) in [6.07, 6.45) is 0. The number of aromatic carboxylic acids is 1. The van der Waals surface area contributed by atoms with Crippen molar-refractivity contribution >= 4 is 40.5 Å². The first-order valence-corrected chi connectivity index (χ1v) is 6.32. The van der Waals surface area contributed by atoms with Crippen LogP contribution in [0.4, 0.5) is 10.1 Å². The number of benzene rings is 1. The van der Waals surface area contributed by atoms with E-state index >= 15 is 0 Å². The molecule has 2 aromatic rings. The van der Waals surface area contributed by atoms with Gasteiger partial charge in [0.25, 0.3) is 5.91 Å². The minimum atomic E-state index is -1.26. The van der Waals surface area contributed by atoms with Crippen LogP contribution >= 0.6 is 22.9 Å². The fourth-order valence-electron chi connectivity index (χ4n) is 1.44. The summed E-state index contributed by atoms with van der Waals surface area (Å²) in [5.41, 5.74) is -0.301. The lowest BCUT2D eigenvalue weighted by molar-refractivity contribution is 0.0698. The highest BCUT2D eigenvalue weighted by Crippen LogP contribution is 2.24. The molecule has 0 atom stereocenters. The van der Waals surface area contributed by atoms with E-state index in [1.54, 1.807) is 11.4 Å². The molecule has 1 heterocycles. The summed E-state index contributed by atoms with van der Waals surface area (Å²) in [5.74, 6) is -2.47. The monoisotopic (exact) mass is 299 g/mol. The molecule has 0 radical (unpaired) electrons. The third-order valence-electron chi connectivity index (χ3n) is 2.28. The van der Waals surface area contributed by atoms with Crippen molar-refractivity contribution in [2.45, 2.75) is 0 Å². The molecular weight excluding hydrogens is 293 g/mol. The quantitative estimate of drug-likeness (QED) is 0.911. The second kappa shape index (κ2) is 5.38. The summed E-state index contributed by atoms with van der Waals surface area (Å²) in [5, 5.41) is 13.2. The maximum absolute atomic E-state index is 13.1. The maximum atomic E-state index is 13.1. The molecule has 1 aromatic carbocycles. The second-order valence-corrected chi connectivity index (χ2v) is 4.87. The largest absolute Gasteiger partial charge is 0.478 e. The number of hydrogen-bond donors (Lipinski definition) is 2. The van der Waals surface area contributed by atoms with Crippen molar-refractivity contribution in [1.82, 2.24) is 0 Å².